The van der Waals surface area contributed by atoms with Crippen molar-refractivity contribution in [2.24, 2.45) is 0 Å². The second-order valence-corrected chi connectivity index (χ2v) is 5.67. The van der Waals surface area contributed by atoms with E-state index >= 15 is 0 Å². The second-order valence-electron chi connectivity index (χ2n) is 4.18. The van der Waals surface area contributed by atoms with Crippen molar-refractivity contribution in [1.82, 2.24) is 4.31 Å². The maximum Gasteiger partial charge on any atom is 0.274 e. The smallest absolute Gasteiger partial charge is 0.267 e. The Labute approximate surface area is 108 Å². The van der Waals surface area contributed by atoms with E-state index in [0.717, 1.165) is 0 Å². The molecule has 0 fully saturated rings. The van der Waals surface area contributed by atoms with Gasteiger partial charge in [0.05, 0.1) is 0 Å². The zero-order chi connectivity index (χ0) is 13.8. The summed E-state index contributed by atoms with van der Waals surface area (Å²) in [5.74, 6) is 0.938. The quantitative estimate of drug-likeness (QED) is 0.455. The Morgan fingerprint density at radius 3 is 1.89 bits per heavy atom. The van der Waals surface area contributed by atoms with Crippen LogP contribution in [0.3, 0.4) is 0 Å². The van der Waals surface area contributed by atoms with E-state index in [1.165, 1.54) is 12.1 Å². The van der Waals surface area contributed by atoms with Gasteiger partial charge in [-0.1, -0.05) is 24.3 Å². The average molecular weight is 277 g/mol. The van der Waals surface area contributed by atoms with E-state index in [1.54, 1.807) is 24.3 Å². The van der Waals surface area contributed by atoms with Crippen molar-refractivity contribution >= 4 is 38.6 Å². The maximum absolute atomic E-state index is 13.6. The van der Waals surface area contributed by atoms with Crippen LogP contribution in [0.15, 0.2) is 36.4 Å². The molecule has 0 spiro atoms. The van der Waals surface area contributed by atoms with Crippen molar-refractivity contribution in [2.75, 3.05) is 0 Å². The second kappa shape index (κ2) is 3.64. The van der Waals surface area contributed by atoms with Crippen molar-refractivity contribution < 1.29 is 17.7 Å². The van der Waals surface area contributed by atoms with E-state index in [-0.39, 0.29) is 15.4 Å². The van der Waals surface area contributed by atoms with Gasteiger partial charge in [0.2, 0.25) is 10.1 Å². The van der Waals surface area contributed by atoms with E-state index in [9.17, 15) is 17.7 Å². The highest BCUT2D eigenvalue weighted by Crippen LogP contribution is 2.31. The highest BCUT2D eigenvalue weighted by molar-refractivity contribution is 7.94. The summed E-state index contributed by atoms with van der Waals surface area (Å²) in [7, 11) is -4.43. The van der Waals surface area contributed by atoms with E-state index in [0.29, 0.717) is 10.8 Å². The maximum atomic E-state index is 13.6. The fourth-order valence-electron chi connectivity index (χ4n) is 2.26. The molecular weight excluding hydrogens is 269 g/mol. The first-order valence-corrected chi connectivity index (χ1v) is 6.97. The van der Waals surface area contributed by atoms with Crippen LogP contribution in [-0.2, 0) is 10.1 Å². The molecule has 0 aromatic heterocycles. The molecule has 1 heterocycles. The Kier molecular flexibility index (Phi) is 2.27. The number of halogens is 1. The summed E-state index contributed by atoms with van der Waals surface area (Å²) >= 11 is 0. The number of hydrogen-bond donors (Lipinski definition) is 0. The Balaban J connectivity index is 2.44. The number of carbonyl (C=O) groups excluding carboxylic acids is 2. The van der Waals surface area contributed by atoms with Crippen LogP contribution in [0, 0.1) is 0 Å². The molecule has 19 heavy (non-hydrogen) atoms. The first-order chi connectivity index (χ1) is 8.91. The number of carbonyl (C=O) groups is 2. The lowest BCUT2D eigenvalue weighted by Gasteiger charge is -2.25. The molecule has 0 aliphatic carbocycles. The lowest BCUT2D eigenvalue weighted by molar-refractivity contribution is 0.0727. The van der Waals surface area contributed by atoms with Gasteiger partial charge < -0.3 is 0 Å². The van der Waals surface area contributed by atoms with Gasteiger partial charge in [-0.15, -0.1) is 3.89 Å². The predicted octanol–water partition coefficient (Wildman–Crippen LogP) is 1.95. The molecule has 96 valence electrons. The zero-order valence-electron chi connectivity index (χ0n) is 9.63. The number of nitrogens with zero attached hydrogens (tertiary/aromatic N) is 1. The summed E-state index contributed by atoms with van der Waals surface area (Å²) in [4.78, 5) is 24.2. The van der Waals surface area contributed by atoms with Gasteiger partial charge >= 0.3 is 0 Å². The van der Waals surface area contributed by atoms with E-state index in [4.69, 9.17) is 0 Å². The topological polar surface area (TPSA) is 54.5 Å². The molecule has 6 heteroatoms. The Hall–Kier alpha value is -2.21. The number of rotatable bonds is 1. The van der Waals surface area contributed by atoms with Crippen LogP contribution >= 0.6 is 0 Å². The molecule has 2 amide bonds. The Morgan fingerprint density at radius 2 is 1.47 bits per heavy atom. The van der Waals surface area contributed by atoms with Gasteiger partial charge in [0.1, 0.15) is 0 Å². The van der Waals surface area contributed by atoms with Crippen LogP contribution < -0.4 is 0 Å². The summed E-state index contributed by atoms with van der Waals surface area (Å²) in [5, 5.41) is 1.16. The first kappa shape index (κ1) is 11.9. The van der Waals surface area contributed by atoms with Crippen LogP contribution in [-0.4, -0.2) is 26.2 Å². The van der Waals surface area contributed by atoms with Gasteiger partial charge in [-0.3, -0.25) is 9.59 Å². The summed E-state index contributed by atoms with van der Waals surface area (Å²) in [6, 6.07) is 9.68. The molecule has 0 radical (unpaired) electrons. The monoisotopic (exact) mass is 277 g/mol. The first-order valence-electron chi connectivity index (χ1n) is 5.39. The number of benzene rings is 2. The molecule has 0 bridgehead atoms. The highest BCUT2D eigenvalue weighted by atomic mass is 32.3. The van der Waals surface area contributed by atoms with Gasteiger partial charge in [-0.2, -0.15) is 4.31 Å². The van der Waals surface area contributed by atoms with E-state index < -0.39 is 21.9 Å². The van der Waals surface area contributed by atoms with Gasteiger partial charge in [0, 0.05) is 22.4 Å². The van der Waals surface area contributed by atoms with Crippen molar-refractivity contribution in [3.63, 3.8) is 0 Å². The lowest BCUT2D eigenvalue weighted by atomic mass is 9.95. The summed E-state index contributed by atoms with van der Waals surface area (Å²) in [6.07, 6.45) is 0. The van der Waals surface area contributed by atoms with Crippen LogP contribution in [0.4, 0.5) is 3.89 Å². The Morgan fingerprint density at radius 1 is 1.00 bits per heavy atom. The lowest BCUT2D eigenvalue weighted by Crippen LogP contribution is -2.42. The molecule has 0 saturated carbocycles. The summed E-state index contributed by atoms with van der Waals surface area (Å²) < 4.78 is 25.1. The normalized spacial score (nSPS) is 17.6. The number of imide groups is 1. The fourth-order valence-corrected chi connectivity index (χ4v) is 2.95. The molecule has 3 rings (SSSR count). The largest absolute Gasteiger partial charge is 0.274 e. The standard InChI is InChI=1S/C13H8FNO3S/c1-19(14,18)15-12(16)9-6-2-4-8-5-3-7-10(11(8)9)13(15)17/h2-7H,1H2. The molecule has 1 atom stereocenters. The average Bonchev–Trinajstić information content (AvgIpc) is 2.34. The van der Waals surface area contributed by atoms with Crippen LogP contribution in [0.1, 0.15) is 20.7 Å². The van der Waals surface area contributed by atoms with Gasteiger partial charge in [-0.25, -0.2) is 4.21 Å². The SMILES string of the molecule is C=S(=O)(F)N1C(=O)c2cccc3cccc(c23)C1=O. The van der Waals surface area contributed by atoms with E-state index in [1.807, 2.05) is 0 Å². The molecule has 2 aromatic rings. The predicted molar refractivity (Wildman–Crippen MR) is 70.8 cm³/mol. The van der Waals surface area contributed by atoms with Crippen molar-refractivity contribution in [1.29, 1.82) is 0 Å². The zero-order valence-corrected chi connectivity index (χ0v) is 10.4. The van der Waals surface area contributed by atoms with Gasteiger partial charge in [0.15, 0.2) is 0 Å². The minimum Gasteiger partial charge on any atom is -0.267 e. The molecule has 2 aromatic carbocycles. The van der Waals surface area contributed by atoms with Gasteiger partial charge in [-0.05, 0) is 17.5 Å². The molecule has 4 nitrogen and oxygen atoms in total. The Bertz CT molecular complexity index is 791. The minimum absolute atomic E-state index is 0.101. The summed E-state index contributed by atoms with van der Waals surface area (Å²) in [5.41, 5.74) is 0.309. The highest BCUT2D eigenvalue weighted by Gasteiger charge is 2.37. The molecule has 1 aliphatic heterocycles. The van der Waals surface area contributed by atoms with Crippen LogP contribution in [0.25, 0.3) is 10.8 Å². The fraction of sp³-hybridized carbons (Fsp3) is 0. The molecule has 0 saturated heterocycles. The number of amides is 2. The minimum atomic E-state index is -4.43. The number of hydrogen-bond acceptors (Lipinski definition) is 3. The molecular formula is C13H8FNO3S. The third-order valence-electron chi connectivity index (χ3n) is 3.01. The molecule has 0 N–H and O–H groups in total. The van der Waals surface area contributed by atoms with Crippen LogP contribution in [0.5, 0.6) is 0 Å². The third-order valence-corrected chi connectivity index (χ3v) is 3.88. The van der Waals surface area contributed by atoms with Crippen molar-refractivity contribution in [2.45, 2.75) is 0 Å². The molecule has 1 unspecified atom stereocenters. The molecule has 1 aliphatic rings. The van der Waals surface area contributed by atoms with E-state index in [2.05, 4.69) is 5.87 Å². The summed E-state index contributed by atoms with van der Waals surface area (Å²) in [6.45, 7) is 0. The van der Waals surface area contributed by atoms with Crippen molar-refractivity contribution in [3.8, 4) is 0 Å². The van der Waals surface area contributed by atoms with Crippen molar-refractivity contribution in [3.05, 3.63) is 47.5 Å². The van der Waals surface area contributed by atoms with Crippen LogP contribution in [0.2, 0.25) is 0 Å². The van der Waals surface area contributed by atoms with Gasteiger partial charge in [0.25, 0.3) is 11.8 Å². The third kappa shape index (κ3) is 1.57.